The van der Waals surface area contributed by atoms with Gasteiger partial charge in [0.15, 0.2) is 0 Å². The van der Waals surface area contributed by atoms with E-state index in [9.17, 15) is 14.4 Å². The van der Waals surface area contributed by atoms with Crippen LogP contribution in [0, 0.1) is 6.92 Å². The molecule has 0 aromatic heterocycles. The van der Waals surface area contributed by atoms with Crippen molar-refractivity contribution in [3.63, 3.8) is 0 Å². The lowest BCUT2D eigenvalue weighted by atomic mass is 9.83. The third-order valence-corrected chi connectivity index (χ3v) is 9.57. The fraction of sp³-hybridized carbons (Fsp3) is 0.241. The molecule has 0 bridgehead atoms. The zero-order chi connectivity index (χ0) is 28.5. The standard InChI is InChI=1S/C29H27NO6S3/c1-16-7-9-17(10-8-16)11-14-21(31)30-20-13-12-18(34-4)15-19(20)22(25(37)29(30,2)3)28-38-23(26(32)35-5)24(39-28)27(33)36-6/h7-15H,1-6H3/b14-11+. The number of ether oxygens (including phenoxy) is 3. The molecule has 1 amide bonds. The van der Waals surface area contributed by atoms with E-state index < -0.39 is 17.5 Å². The smallest absolute Gasteiger partial charge is 0.346 e. The topological polar surface area (TPSA) is 82.1 Å². The van der Waals surface area contributed by atoms with Crippen molar-refractivity contribution >= 4 is 75.8 Å². The number of anilines is 1. The molecule has 2 aliphatic heterocycles. The van der Waals surface area contributed by atoms with Crippen LogP contribution in [0.3, 0.4) is 0 Å². The van der Waals surface area contributed by atoms with Gasteiger partial charge in [0, 0.05) is 17.2 Å². The molecule has 2 aromatic carbocycles. The highest BCUT2D eigenvalue weighted by molar-refractivity contribution is 8.29. The zero-order valence-corrected chi connectivity index (χ0v) is 24.8. The zero-order valence-electron chi connectivity index (χ0n) is 22.3. The minimum absolute atomic E-state index is 0.126. The Labute approximate surface area is 241 Å². The number of hydrogen-bond acceptors (Lipinski definition) is 9. The molecule has 0 saturated carbocycles. The second kappa shape index (κ2) is 11.4. The molecule has 0 fully saturated rings. The summed E-state index contributed by atoms with van der Waals surface area (Å²) in [5.74, 6) is -0.963. The van der Waals surface area contributed by atoms with Crippen LogP contribution in [-0.4, -0.2) is 49.6 Å². The summed E-state index contributed by atoms with van der Waals surface area (Å²) in [6.45, 7) is 5.76. The van der Waals surface area contributed by atoms with Crippen molar-refractivity contribution in [2.75, 3.05) is 26.2 Å². The third kappa shape index (κ3) is 5.41. The summed E-state index contributed by atoms with van der Waals surface area (Å²) in [5.41, 5.74) is 3.04. The van der Waals surface area contributed by atoms with Crippen molar-refractivity contribution in [2.45, 2.75) is 26.3 Å². The van der Waals surface area contributed by atoms with Crippen LogP contribution in [0.4, 0.5) is 5.69 Å². The van der Waals surface area contributed by atoms with Gasteiger partial charge < -0.3 is 14.2 Å². The van der Waals surface area contributed by atoms with E-state index in [0.717, 1.165) is 34.7 Å². The van der Waals surface area contributed by atoms with Gasteiger partial charge in [-0.1, -0.05) is 65.6 Å². The van der Waals surface area contributed by atoms with Gasteiger partial charge in [0.1, 0.15) is 15.6 Å². The van der Waals surface area contributed by atoms with E-state index in [1.807, 2.05) is 51.1 Å². The second-order valence-electron chi connectivity index (χ2n) is 9.20. The third-order valence-electron chi connectivity index (χ3n) is 6.31. The van der Waals surface area contributed by atoms with Gasteiger partial charge in [-0.05, 0) is 50.6 Å². The fourth-order valence-corrected chi connectivity index (χ4v) is 7.27. The lowest BCUT2D eigenvalue weighted by Gasteiger charge is -2.45. The van der Waals surface area contributed by atoms with Gasteiger partial charge in [-0.3, -0.25) is 9.69 Å². The Morgan fingerprint density at radius 3 is 2.05 bits per heavy atom. The number of fused-ring (bicyclic) bond motifs is 1. The minimum atomic E-state index is -0.922. The Hall–Kier alpha value is -3.34. The summed E-state index contributed by atoms with van der Waals surface area (Å²) in [4.78, 5) is 41.1. The molecule has 4 rings (SSSR count). The first-order valence-corrected chi connectivity index (χ1v) is 13.9. The Morgan fingerprint density at radius 1 is 0.923 bits per heavy atom. The van der Waals surface area contributed by atoms with Crippen LogP contribution in [0.2, 0.25) is 0 Å². The van der Waals surface area contributed by atoms with E-state index in [0.29, 0.717) is 31.7 Å². The molecule has 2 aliphatic rings. The van der Waals surface area contributed by atoms with Crippen LogP contribution in [0.1, 0.15) is 30.5 Å². The summed E-state index contributed by atoms with van der Waals surface area (Å²) < 4.78 is 15.9. The molecule has 0 saturated heterocycles. The van der Waals surface area contributed by atoms with Crippen molar-refractivity contribution in [2.24, 2.45) is 0 Å². The van der Waals surface area contributed by atoms with Crippen LogP contribution in [-0.2, 0) is 23.9 Å². The van der Waals surface area contributed by atoms with Crippen molar-refractivity contribution in [3.05, 3.63) is 79.3 Å². The lowest BCUT2D eigenvalue weighted by molar-refractivity contribution is -0.138. The molecule has 39 heavy (non-hydrogen) atoms. The number of thioether (sulfide) groups is 2. The largest absolute Gasteiger partial charge is 0.497 e. The quantitative estimate of drug-likeness (QED) is 0.243. The molecule has 202 valence electrons. The van der Waals surface area contributed by atoms with Crippen LogP contribution in [0.15, 0.2) is 62.6 Å². The molecule has 0 unspecified atom stereocenters. The average molecular weight is 582 g/mol. The lowest BCUT2D eigenvalue weighted by Crippen LogP contribution is -2.55. The maximum Gasteiger partial charge on any atom is 0.346 e. The SMILES string of the molecule is COC(=O)C1=C(C(=O)OC)SC(=C2C(=S)C(C)(C)N(C(=O)/C=C/c3ccc(C)cc3)c3ccc(OC)cc32)S1. The first-order chi connectivity index (χ1) is 18.5. The Kier molecular flexibility index (Phi) is 8.39. The Balaban J connectivity index is 1.85. The first-order valence-electron chi connectivity index (χ1n) is 11.9. The Morgan fingerprint density at radius 2 is 1.51 bits per heavy atom. The number of thiocarbonyl (C=S) groups is 1. The second-order valence-corrected chi connectivity index (χ2v) is 11.9. The van der Waals surface area contributed by atoms with Gasteiger partial charge in [-0.25, -0.2) is 9.59 Å². The van der Waals surface area contributed by atoms with E-state index in [4.69, 9.17) is 26.4 Å². The summed E-state index contributed by atoms with van der Waals surface area (Å²) in [6, 6.07) is 13.3. The fourth-order valence-electron chi connectivity index (χ4n) is 4.24. The number of carbonyl (C=O) groups excluding carboxylic acids is 3. The van der Waals surface area contributed by atoms with Gasteiger partial charge in [0.05, 0.1) is 41.7 Å². The number of rotatable bonds is 5. The minimum Gasteiger partial charge on any atom is -0.497 e. The van der Waals surface area contributed by atoms with Crippen molar-refractivity contribution in [3.8, 4) is 5.75 Å². The molecule has 0 spiro atoms. The van der Waals surface area contributed by atoms with Crippen LogP contribution in [0.25, 0.3) is 11.6 Å². The highest BCUT2D eigenvalue weighted by Gasteiger charge is 2.45. The van der Waals surface area contributed by atoms with E-state index in [-0.39, 0.29) is 15.7 Å². The van der Waals surface area contributed by atoms with Gasteiger partial charge >= 0.3 is 11.9 Å². The van der Waals surface area contributed by atoms with Gasteiger partial charge in [0.2, 0.25) is 0 Å². The normalized spacial score (nSPS) is 16.5. The molecule has 2 heterocycles. The summed E-state index contributed by atoms with van der Waals surface area (Å²) in [7, 11) is 4.06. The van der Waals surface area contributed by atoms with Crippen molar-refractivity contribution in [1.82, 2.24) is 0 Å². The van der Waals surface area contributed by atoms with Crippen LogP contribution >= 0.6 is 35.7 Å². The molecule has 0 aliphatic carbocycles. The van der Waals surface area contributed by atoms with Crippen LogP contribution < -0.4 is 9.64 Å². The highest BCUT2D eigenvalue weighted by atomic mass is 32.2. The number of methoxy groups -OCH3 is 3. The highest BCUT2D eigenvalue weighted by Crippen LogP contribution is 2.56. The van der Waals surface area contributed by atoms with Gasteiger partial charge in [0.25, 0.3) is 5.91 Å². The number of benzene rings is 2. The molecule has 0 radical (unpaired) electrons. The predicted molar refractivity (Wildman–Crippen MR) is 161 cm³/mol. The first kappa shape index (κ1) is 28.7. The summed E-state index contributed by atoms with van der Waals surface area (Å²) >= 11 is 8.22. The maximum absolute atomic E-state index is 13.7. The molecular formula is C29H27NO6S3. The monoisotopic (exact) mass is 581 g/mol. The van der Waals surface area contributed by atoms with Crippen molar-refractivity contribution in [1.29, 1.82) is 0 Å². The molecule has 7 nitrogen and oxygen atoms in total. The number of aryl methyl sites for hydroxylation is 1. The van der Waals surface area contributed by atoms with E-state index in [1.54, 1.807) is 30.2 Å². The molecule has 10 heteroatoms. The maximum atomic E-state index is 13.7. The predicted octanol–water partition coefficient (Wildman–Crippen LogP) is 5.92. The Bertz CT molecular complexity index is 1440. The van der Waals surface area contributed by atoms with Crippen molar-refractivity contribution < 1.29 is 28.6 Å². The van der Waals surface area contributed by atoms with Gasteiger partial charge in [-0.15, -0.1) is 0 Å². The van der Waals surface area contributed by atoms with E-state index >= 15 is 0 Å². The molecule has 0 N–H and O–H groups in total. The van der Waals surface area contributed by atoms with E-state index in [1.165, 1.54) is 20.3 Å². The number of esters is 2. The van der Waals surface area contributed by atoms with Gasteiger partial charge in [-0.2, -0.15) is 0 Å². The van der Waals surface area contributed by atoms with Crippen LogP contribution in [0.5, 0.6) is 5.75 Å². The summed E-state index contributed by atoms with van der Waals surface area (Å²) in [5, 5.41) is 0. The number of hydrogen-bond donors (Lipinski definition) is 0. The molecule has 2 aromatic rings. The number of nitrogens with zero attached hydrogens (tertiary/aromatic N) is 1. The van der Waals surface area contributed by atoms with E-state index in [2.05, 4.69) is 0 Å². The molecule has 0 atom stereocenters. The number of carbonyl (C=O) groups is 3. The average Bonchev–Trinajstić information content (AvgIpc) is 3.37. The molecular weight excluding hydrogens is 555 g/mol. The number of amides is 1. The summed E-state index contributed by atoms with van der Waals surface area (Å²) in [6.07, 6.45) is 3.31.